The summed E-state index contributed by atoms with van der Waals surface area (Å²) in [4.78, 5) is 35.4. The fourth-order valence-corrected chi connectivity index (χ4v) is 2.20. The van der Waals surface area contributed by atoms with Crippen LogP contribution >= 0.6 is 0 Å². The van der Waals surface area contributed by atoms with E-state index in [0.717, 1.165) is 0 Å². The Morgan fingerprint density at radius 2 is 1.68 bits per heavy atom. The van der Waals surface area contributed by atoms with Crippen molar-refractivity contribution in [1.29, 1.82) is 0 Å². The van der Waals surface area contributed by atoms with Crippen LogP contribution in [-0.2, 0) is 14.3 Å². The lowest BCUT2D eigenvalue weighted by atomic mass is 10.2. The summed E-state index contributed by atoms with van der Waals surface area (Å²) in [6.45, 7) is 1.53. The summed E-state index contributed by atoms with van der Waals surface area (Å²) in [5.74, 6) is -0.291. The summed E-state index contributed by atoms with van der Waals surface area (Å²) >= 11 is 0. The van der Waals surface area contributed by atoms with E-state index in [-0.39, 0.29) is 12.5 Å². The average Bonchev–Trinajstić information content (AvgIpc) is 2.71. The van der Waals surface area contributed by atoms with Crippen LogP contribution in [0.4, 0.5) is 5.69 Å². The molecular weight excluding hydrogens is 364 g/mol. The predicted octanol–water partition coefficient (Wildman–Crippen LogP) is 2.01. The van der Waals surface area contributed by atoms with Gasteiger partial charge < -0.3 is 24.8 Å². The summed E-state index contributed by atoms with van der Waals surface area (Å²) < 4.78 is 15.2. The molecule has 2 amide bonds. The second-order valence-corrected chi connectivity index (χ2v) is 5.61. The van der Waals surface area contributed by atoms with Crippen LogP contribution in [0.2, 0.25) is 0 Å². The van der Waals surface area contributed by atoms with Gasteiger partial charge in [0.2, 0.25) is 0 Å². The van der Waals surface area contributed by atoms with E-state index in [9.17, 15) is 14.4 Å². The quantitative estimate of drug-likeness (QED) is 0.639. The van der Waals surface area contributed by atoms with Crippen molar-refractivity contribution >= 4 is 23.5 Å². The molecule has 2 aromatic carbocycles. The van der Waals surface area contributed by atoms with E-state index < -0.39 is 18.5 Å². The molecule has 2 rings (SSSR count). The van der Waals surface area contributed by atoms with E-state index in [4.69, 9.17) is 14.2 Å². The zero-order chi connectivity index (χ0) is 20.4. The first kappa shape index (κ1) is 20.8. The van der Waals surface area contributed by atoms with Crippen LogP contribution < -0.4 is 20.1 Å². The minimum absolute atomic E-state index is 0.235. The zero-order valence-corrected chi connectivity index (χ0v) is 15.7. The molecule has 8 heteroatoms. The van der Waals surface area contributed by atoms with Crippen molar-refractivity contribution in [3.63, 3.8) is 0 Å². The maximum Gasteiger partial charge on any atom is 0.344 e. The molecule has 2 aromatic rings. The Balaban J connectivity index is 1.76. The van der Waals surface area contributed by atoms with Crippen molar-refractivity contribution in [2.75, 3.05) is 32.2 Å². The summed E-state index contributed by atoms with van der Waals surface area (Å²) in [7, 11) is 1.55. The summed E-state index contributed by atoms with van der Waals surface area (Å²) in [6.07, 6.45) is 0. The highest BCUT2D eigenvalue weighted by Gasteiger charge is 2.10. The molecule has 0 saturated heterocycles. The summed E-state index contributed by atoms with van der Waals surface area (Å²) in [6, 6.07) is 13.2. The Bertz CT molecular complexity index is 820. The lowest BCUT2D eigenvalue weighted by Gasteiger charge is -2.09. The number of hydrogen-bond acceptors (Lipinski definition) is 6. The molecule has 0 atom stereocenters. The fraction of sp³-hybridized carbons (Fsp3) is 0.250. The molecule has 0 bridgehead atoms. The molecule has 28 heavy (non-hydrogen) atoms. The molecule has 0 unspecified atom stereocenters. The molecule has 0 radical (unpaired) electrons. The second kappa shape index (κ2) is 10.6. The van der Waals surface area contributed by atoms with Gasteiger partial charge in [0.1, 0.15) is 11.5 Å². The predicted molar refractivity (Wildman–Crippen MR) is 103 cm³/mol. The molecule has 0 aromatic heterocycles. The second-order valence-electron chi connectivity index (χ2n) is 5.61. The number of amides is 2. The number of carbonyl (C=O) groups is 3. The topological polar surface area (TPSA) is 103 Å². The normalized spacial score (nSPS) is 9.93. The highest BCUT2D eigenvalue weighted by Crippen LogP contribution is 2.16. The summed E-state index contributed by atoms with van der Waals surface area (Å²) in [5.41, 5.74) is 0.851. The van der Waals surface area contributed by atoms with Gasteiger partial charge in [0.05, 0.1) is 7.11 Å². The van der Waals surface area contributed by atoms with Gasteiger partial charge in [-0.2, -0.15) is 0 Å². The number of anilines is 1. The molecule has 0 aliphatic carbocycles. The van der Waals surface area contributed by atoms with Crippen molar-refractivity contribution < 1.29 is 28.6 Å². The molecule has 148 valence electrons. The lowest BCUT2D eigenvalue weighted by Crippen LogP contribution is -2.24. The maximum absolute atomic E-state index is 11.9. The van der Waals surface area contributed by atoms with Crippen molar-refractivity contribution in [3.05, 3.63) is 54.1 Å². The third-order valence-electron chi connectivity index (χ3n) is 3.53. The van der Waals surface area contributed by atoms with Crippen LogP contribution in [-0.4, -0.2) is 44.7 Å². The average molecular weight is 386 g/mol. The van der Waals surface area contributed by atoms with Gasteiger partial charge in [0.25, 0.3) is 11.8 Å². The standard InChI is InChI=1S/C20H22N2O6/c1-3-21-20(25)14-5-4-6-15(11-14)22-18(23)12-28-19(24)13-27-17-9-7-16(26-2)8-10-17/h4-11H,3,12-13H2,1-2H3,(H,21,25)(H,22,23). The Labute approximate surface area is 162 Å². The van der Waals surface area contributed by atoms with Gasteiger partial charge in [-0.15, -0.1) is 0 Å². The molecule has 0 aliphatic heterocycles. The maximum atomic E-state index is 11.9. The number of esters is 1. The van der Waals surface area contributed by atoms with Crippen molar-refractivity contribution in [2.45, 2.75) is 6.92 Å². The monoisotopic (exact) mass is 386 g/mol. The Morgan fingerprint density at radius 1 is 0.964 bits per heavy atom. The fourth-order valence-electron chi connectivity index (χ4n) is 2.20. The molecule has 2 N–H and O–H groups in total. The first-order valence-corrected chi connectivity index (χ1v) is 8.62. The molecule has 0 saturated carbocycles. The minimum Gasteiger partial charge on any atom is -0.497 e. The van der Waals surface area contributed by atoms with Gasteiger partial charge >= 0.3 is 5.97 Å². The number of benzene rings is 2. The summed E-state index contributed by atoms with van der Waals surface area (Å²) in [5, 5.41) is 5.24. The SMILES string of the molecule is CCNC(=O)c1cccc(NC(=O)COC(=O)COc2ccc(OC)cc2)c1. The molecule has 8 nitrogen and oxygen atoms in total. The Morgan fingerprint density at radius 3 is 2.36 bits per heavy atom. The third-order valence-corrected chi connectivity index (χ3v) is 3.53. The van der Waals surface area contributed by atoms with E-state index in [1.807, 2.05) is 6.92 Å². The van der Waals surface area contributed by atoms with Gasteiger partial charge in [0, 0.05) is 17.8 Å². The van der Waals surface area contributed by atoms with Crippen LogP contribution in [0.1, 0.15) is 17.3 Å². The van der Waals surface area contributed by atoms with Crippen LogP contribution in [0.25, 0.3) is 0 Å². The van der Waals surface area contributed by atoms with Crippen LogP contribution in [0.15, 0.2) is 48.5 Å². The number of ether oxygens (including phenoxy) is 3. The number of rotatable bonds is 9. The highest BCUT2D eigenvalue weighted by atomic mass is 16.6. The van der Waals surface area contributed by atoms with Crippen molar-refractivity contribution in [1.82, 2.24) is 5.32 Å². The smallest absolute Gasteiger partial charge is 0.344 e. The zero-order valence-electron chi connectivity index (χ0n) is 15.7. The van der Waals surface area contributed by atoms with Gasteiger partial charge in [-0.3, -0.25) is 9.59 Å². The van der Waals surface area contributed by atoms with Crippen LogP contribution in [0, 0.1) is 0 Å². The van der Waals surface area contributed by atoms with Gasteiger partial charge in [-0.05, 0) is 49.4 Å². The van der Waals surface area contributed by atoms with Gasteiger partial charge in [0.15, 0.2) is 13.2 Å². The van der Waals surface area contributed by atoms with E-state index in [2.05, 4.69) is 10.6 Å². The highest BCUT2D eigenvalue weighted by molar-refractivity contribution is 5.97. The number of hydrogen-bond donors (Lipinski definition) is 2. The van der Waals surface area contributed by atoms with Gasteiger partial charge in [-0.1, -0.05) is 6.07 Å². The van der Waals surface area contributed by atoms with E-state index in [1.54, 1.807) is 49.6 Å². The van der Waals surface area contributed by atoms with Crippen LogP contribution in [0.3, 0.4) is 0 Å². The number of carbonyl (C=O) groups excluding carboxylic acids is 3. The number of methoxy groups -OCH3 is 1. The minimum atomic E-state index is -0.679. The van der Waals surface area contributed by atoms with Crippen molar-refractivity contribution in [2.24, 2.45) is 0 Å². The molecule has 0 fully saturated rings. The largest absolute Gasteiger partial charge is 0.497 e. The number of nitrogens with one attached hydrogen (secondary N) is 2. The Kier molecular flexibility index (Phi) is 7.83. The first-order valence-electron chi connectivity index (χ1n) is 8.62. The molecule has 0 heterocycles. The van der Waals surface area contributed by atoms with Crippen molar-refractivity contribution in [3.8, 4) is 11.5 Å². The molecular formula is C20H22N2O6. The van der Waals surface area contributed by atoms with E-state index >= 15 is 0 Å². The molecule has 0 spiro atoms. The van der Waals surface area contributed by atoms with E-state index in [1.165, 1.54) is 6.07 Å². The Hall–Kier alpha value is -3.55. The lowest BCUT2D eigenvalue weighted by molar-refractivity contribution is -0.149. The van der Waals surface area contributed by atoms with E-state index in [0.29, 0.717) is 29.3 Å². The van der Waals surface area contributed by atoms with Crippen LogP contribution in [0.5, 0.6) is 11.5 Å². The first-order chi connectivity index (χ1) is 13.5. The molecule has 0 aliphatic rings. The van der Waals surface area contributed by atoms with Gasteiger partial charge in [-0.25, -0.2) is 4.79 Å². The third kappa shape index (κ3) is 6.64.